The van der Waals surface area contributed by atoms with Crippen LogP contribution in [0.2, 0.25) is 0 Å². The molecule has 1 aliphatic rings. The molecule has 1 aromatic carbocycles. The topological polar surface area (TPSA) is 9.23 Å². The molecule has 0 aromatic heterocycles. The minimum atomic E-state index is -0.180. The molecule has 1 saturated heterocycles. The monoisotopic (exact) mass is 350 g/mol. The molecule has 2 unspecified atom stereocenters. The van der Waals surface area contributed by atoms with Crippen molar-refractivity contribution in [3.05, 3.63) is 34.1 Å². The van der Waals surface area contributed by atoms with E-state index in [2.05, 4.69) is 31.9 Å². The standard InChI is InChI=1S/C12H13Br2FO/c13-11-2-1-10(15)6-8(11)5-9-7-16-4-3-12(9)14/h1-2,6,9,12H,3-5,7H2. The third kappa shape index (κ3) is 3.05. The van der Waals surface area contributed by atoms with Gasteiger partial charge in [0.1, 0.15) is 5.82 Å². The largest absolute Gasteiger partial charge is 0.381 e. The van der Waals surface area contributed by atoms with E-state index in [1.807, 2.05) is 0 Å². The van der Waals surface area contributed by atoms with Gasteiger partial charge in [0.25, 0.3) is 0 Å². The second-order valence-corrected chi connectivity index (χ2v) is 6.11. The zero-order valence-corrected chi connectivity index (χ0v) is 11.9. The molecule has 2 atom stereocenters. The second-order valence-electron chi connectivity index (χ2n) is 4.08. The van der Waals surface area contributed by atoms with E-state index in [1.54, 1.807) is 12.1 Å². The highest BCUT2D eigenvalue weighted by molar-refractivity contribution is 9.10. The van der Waals surface area contributed by atoms with Crippen molar-refractivity contribution in [3.63, 3.8) is 0 Å². The molecule has 1 aliphatic heterocycles. The molecule has 0 aliphatic carbocycles. The van der Waals surface area contributed by atoms with E-state index < -0.39 is 0 Å². The van der Waals surface area contributed by atoms with Crippen LogP contribution in [-0.4, -0.2) is 18.0 Å². The van der Waals surface area contributed by atoms with Crippen LogP contribution in [0.15, 0.2) is 22.7 Å². The van der Waals surface area contributed by atoms with E-state index in [0.717, 1.165) is 36.1 Å². The van der Waals surface area contributed by atoms with Gasteiger partial charge in [0.15, 0.2) is 0 Å². The van der Waals surface area contributed by atoms with Crippen molar-refractivity contribution in [2.45, 2.75) is 17.7 Å². The van der Waals surface area contributed by atoms with Gasteiger partial charge in [-0.1, -0.05) is 31.9 Å². The van der Waals surface area contributed by atoms with E-state index in [1.165, 1.54) is 6.07 Å². The molecule has 4 heteroatoms. The maximum absolute atomic E-state index is 13.1. The van der Waals surface area contributed by atoms with E-state index in [-0.39, 0.29) is 5.82 Å². The Kier molecular flexibility index (Phi) is 4.39. The van der Waals surface area contributed by atoms with E-state index in [9.17, 15) is 4.39 Å². The van der Waals surface area contributed by atoms with Crippen LogP contribution in [0.1, 0.15) is 12.0 Å². The SMILES string of the molecule is Fc1ccc(Br)c(CC2COCCC2Br)c1. The number of benzene rings is 1. The van der Waals surface area contributed by atoms with Crippen molar-refractivity contribution in [2.75, 3.05) is 13.2 Å². The van der Waals surface area contributed by atoms with Gasteiger partial charge in [-0.15, -0.1) is 0 Å². The summed E-state index contributed by atoms with van der Waals surface area (Å²) in [5.41, 5.74) is 1.01. The molecule has 1 heterocycles. The molecule has 2 rings (SSSR count). The molecule has 16 heavy (non-hydrogen) atoms. The maximum atomic E-state index is 13.1. The van der Waals surface area contributed by atoms with E-state index in [0.29, 0.717) is 10.7 Å². The third-order valence-electron chi connectivity index (χ3n) is 2.87. The molecular weight excluding hydrogens is 339 g/mol. The average Bonchev–Trinajstić information content (AvgIpc) is 2.27. The summed E-state index contributed by atoms with van der Waals surface area (Å²) in [7, 11) is 0. The Bertz CT molecular complexity index is 370. The van der Waals surface area contributed by atoms with Gasteiger partial charge in [-0.25, -0.2) is 4.39 Å². The Balaban J connectivity index is 2.10. The Labute approximate surface area is 112 Å². The molecule has 0 saturated carbocycles. The van der Waals surface area contributed by atoms with Crippen LogP contribution >= 0.6 is 31.9 Å². The first-order valence-corrected chi connectivity index (χ1v) is 7.03. The zero-order chi connectivity index (χ0) is 11.5. The summed E-state index contributed by atoms with van der Waals surface area (Å²) in [4.78, 5) is 0.469. The van der Waals surface area contributed by atoms with Crippen molar-refractivity contribution in [1.29, 1.82) is 0 Å². The van der Waals surface area contributed by atoms with Crippen molar-refractivity contribution in [2.24, 2.45) is 5.92 Å². The molecule has 0 radical (unpaired) electrons. The minimum absolute atomic E-state index is 0.180. The van der Waals surface area contributed by atoms with Crippen molar-refractivity contribution in [3.8, 4) is 0 Å². The molecule has 0 spiro atoms. The summed E-state index contributed by atoms with van der Waals surface area (Å²) in [6.45, 7) is 1.57. The number of ether oxygens (including phenoxy) is 1. The summed E-state index contributed by atoms with van der Waals surface area (Å²) in [5.74, 6) is 0.243. The Morgan fingerprint density at radius 1 is 1.44 bits per heavy atom. The summed E-state index contributed by atoms with van der Waals surface area (Å²) in [6, 6.07) is 4.83. The van der Waals surface area contributed by atoms with Crippen LogP contribution in [0.3, 0.4) is 0 Å². The average molecular weight is 352 g/mol. The third-order valence-corrected chi connectivity index (χ3v) is 4.85. The number of hydrogen-bond donors (Lipinski definition) is 0. The molecule has 1 aromatic rings. The van der Waals surface area contributed by atoms with Crippen molar-refractivity contribution < 1.29 is 9.13 Å². The smallest absolute Gasteiger partial charge is 0.123 e. The first kappa shape index (κ1) is 12.5. The van der Waals surface area contributed by atoms with Gasteiger partial charge in [0.05, 0.1) is 6.61 Å². The second kappa shape index (κ2) is 5.61. The van der Waals surface area contributed by atoms with E-state index >= 15 is 0 Å². The Morgan fingerprint density at radius 3 is 3.00 bits per heavy atom. The highest BCUT2D eigenvalue weighted by Crippen LogP contribution is 2.28. The molecule has 88 valence electrons. The van der Waals surface area contributed by atoms with Crippen LogP contribution < -0.4 is 0 Å². The fraction of sp³-hybridized carbons (Fsp3) is 0.500. The summed E-state index contributed by atoms with van der Waals surface area (Å²) < 4.78 is 19.6. The fourth-order valence-electron chi connectivity index (χ4n) is 1.94. The van der Waals surface area contributed by atoms with Gasteiger partial charge in [-0.3, -0.25) is 0 Å². The molecule has 0 N–H and O–H groups in total. The maximum Gasteiger partial charge on any atom is 0.123 e. The van der Waals surface area contributed by atoms with E-state index in [4.69, 9.17) is 4.74 Å². The Hall–Kier alpha value is 0.0700. The van der Waals surface area contributed by atoms with Crippen LogP contribution in [-0.2, 0) is 11.2 Å². The highest BCUT2D eigenvalue weighted by atomic mass is 79.9. The number of hydrogen-bond acceptors (Lipinski definition) is 1. The molecular formula is C12H13Br2FO. The molecule has 0 amide bonds. The molecule has 0 bridgehead atoms. The molecule has 1 fully saturated rings. The van der Waals surface area contributed by atoms with Gasteiger partial charge >= 0.3 is 0 Å². The highest BCUT2D eigenvalue weighted by Gasteiger charge is 2.24. The Morgan fingerprint density at radius 2 is 2.25 bits per heavy atom. The first-order chi connectivity index (χ1) is 7.66. The lowest BCUT2D eigenvalue weighted by molar-refractivity contribution is 0.0605. The lowest BCUT2D eigenvalue weighted by Crippen LogP contribution is -2.29. The minimum Gasteiger partial charge on any atom is -0.381 e. The normalized spacial score (nSPS) is 25.7. The van der Waals surface area contributed by atoms with Crippen molar-refractivity contribution in [1.82, 2.24) is 0 Å². The van der Waals surface area contributed by atoms with Gasteiger partial charge < -0.3 is 4.74 Å². The quantitative estimate of drug-likeness (QED) is 0.733. The predicted octanol–water partition coefficient (Wildman–Crippen LogP) is 3.93. The summed E-state index contributed by atoms with van der Waals surface area (Å²) in [5, 5.41) is 0. The lowest BCUT2D eigenvalue weighted by atomic mass is 9.94. The number of alkyl halides is 1. The van der Waals surface area contributed by atoms with Crippen LogP contribution in [0.25, 0.3) is 0 Å². The van der Waals surface area contributed by atoms with Gasteiger partial charge in [0, 0.05) is 15.9 Å². The first-order valence-electron chi connectivity index (χ1n) is 5.32. The summed E-state index contributed by atoms with van der Waals surface area (Å²) >= 11 is 7.12. The zero-order valence-electron chi connectivity index (χ0n) is 8.76. The number of rotatable bonds is 2. The van der Waals surface area contributed by atoms with Crippen LogP contribution in [0, 0.1) is 11.7 Å². The van der Waals surface area contributed by atoms with Crippen molar-refractivity contribution >= 4 is 31.9 Å². The van der Waals surface area contributed by atoms with Gasteiger partial charge in [-0.05, 0) is 42.5 Å². The van der Waals surface area contributed by atoms with Gasteiger partial charge in [-0.2, -0.15) is 0 Å². The lowest BCUT2D eigenvalue weighted by Gasteiger charge is -2.27. The summed E-state index contributed by atoms with van der Waals surface area (Å²) in [6.07, 6.45) is 1.87. The number of halogens is 3. The molecule has 1 nitrogen and oxygen atoms in total. The van der Waals surface area contributed by atoms with Gasteiger partial charge in [0.2, 0.25) is 0 Å². The van der Waals surface area contributed by atoms with Crippen LogP contribution in [0.5, 0.6) is 0 Å². The predicted molar refractivity (Wildman–Crippen MR) is 69.4 cm³/mol. The fourth-order valence-corrected chi connectivity index (χ4v) is 2.87. The van der Waals surface area contributed by atoms with Crippen LogP contribution in [0.4, 0.5) is 4.39 Å².